The molecule has 3 aromatic rings. The number of nitrogens with zero attached hydrogens (tertiary/aromatic N) is 3. The third-order valence-electron chi connectivity index (χ3n) is 3.94. The van der Waals surface area contributed by atoms with Gasteiger partial charge in [-0.2, -0.15) is 0 Å². The van der Waals surface area contributed by atoms with Crippen molar-refractivity contribution in [3.05, 3.63) is 47.9 Å². The summed E-state index contributed by atoms with van der Waals surface area (Å²) in [6.07, 6.45) is 3.63. The summed E-state index contributed by atoms with van der Waals surface area (Å²) in [5.74, 6) is 0.496. The molecule has 4 nitrogen and oxygen atoms in total. The first-order valence-electron chi connectivity index (χ1n) is 7.81. The Kier molecular flexibility index (Phi) is 4.64. The van der Waals surface area contributed by atoms with Gasteiger partial charge in [-0.25, -0.2) is 18.7 Å². The molecule has 24 heavy (non-hydrogen) atoms. The molecule has 0 aliphatic carbocycles. The monoisotopic (exact) mass is 361 g/mol. The van der Waals surface area contributed by atoms with Gasteiger partial charge in [-0.3, -0.25) is 0 Å². The Bertz CT molecular complexity index is 816. The van der Waals surface area contributed by atoms with Gasteiger partial charge in [0, 0.05) is 18.0 Å². The average molecular weight is 361 g/mol. The lowest BCUT2D eigenvalue weighted by atomic mass is 10.1. The molecule has 0 bridgehead atoms. The fourth-order valence-corrected chi connectivity index (χ4v) is 4.42. The Balaban J connectivity index is 1.34. The zero-order chi connectivity index (χ0) is 16.4. The van der Waals surface area contributed by atoms with E-state index in [2.05, 4.69) is 14.3 Å². The van der Waals surface area contributed by atoms with Crippen LogP contribution in [-0.4, -0.2) is 33.5 Å². The maximum Gasteiger partial charge on any atom is 0.235 e. The molecular weight excluding hydrogens is 345 g/mol. The van der Waals surface area contributed by atoms with Gasteiger partial charge in [0.05, 0.1) is 5.52 Å². The van der Waals surface area contributed by atoms with E-state index in [0.29, 0.717) is 5.88 Å². The summed E-state index contributed by atoms with van der Waals surface area (Å²) in [6, 6.07) is 8.61. The number of thiophene rings is 1. The lowest BCUT2D eigenvalue weighted by Crippen LogP contribution is -2.34. The molecule has 0 amide bonds. The number of aromatic nitrogens is 2. The predicted molar refractivity (Wildman–Crippen MR) is 94.9 cm³/mol. The highest BCUT2D eigenvalue weighted by atomic mass is 32.2. The maximum absolute atomic E-state index is 13.0. The molecule has 2 aromatic heterocycles. The second-order valence-corrected chi connectivity index (χ2v) is 7.69. The summed E-state index contributed by atoms with van der Waals surface area (Å²) in [5.41, 5.74) is 0.939. The molecule has 3 heterocycles. The van der Waals surface area contributed by atoms with E-state index in [1.807, 2.05) is 23.6 Å². The molecule has 0 saturated carbocycles. The lowest BCUT2D eigenvalue weighted by molar-refractivity contribution is 0.135. The molecule has 1 aromatic carbocycles. The van der Waals surface area contributed by atoms with Gasteiger partial charge < -0.3 is 4.74 Å². The summed E-state index contributed by atoms with van der Waals surface area (Å²) < 4.78 is 22.4. The van der Waals surface area contributed by atoms with Crippen molar-refractivity contribution in [1.29, 1.82) is 0 Å². The van der Waals surface area contributed by atoms with E-state index in [0.717, 1.165) is 41.0 Å². The number of halogens is 1. The average Bonchev–Trinajstić information content (AvgIpc) is 3.08. The number of rotatable bonds is 4. The van der Waals surface area contributed by atoms with E-state index in [-0.39, 0.29) is 11.9 Å². The number of hydrogen-bond acceptors (Lipinski definition) is 6. The van der Waals surface area contributed by atoms with Crippen molar-refractivity contribution < 1.29 is 9.13 Å². The van der Waals surface area contributed by atoms with Crippen molar-refractivity contribution in [2.24, 2.45) is 0 Å². The molecule has 124 valence electrons. The van der Waals surface area contributed by atoms with Gasteiger partial charge in [0.15, 0.2) is 0 Å². The van der Waals surface area contributed by atoms with Gasteiger partial charge in [0.25, 0.3) is 0 Å². The Morgan fingerprint density at radius 3 is 2.71 bits per heavy atom. The van der Waals surface area contributed by atoms with Crippen LogP contribution in [0.25, 0.3) is 10.2 Å². The Hall–Kier alpha value is -1.70. The SMILES string of the molecule is Fc1ccc(SN2CCC(Oc3ncnc4ccsc34)CC2)cc1. The highest BCUT2D eigenvalue weighted by molar-refractivity contribution is 7.97. The van der Waals surface area contributed by atoms with Gasteiger partial charge in [0.2, 0.25) is 5.88 Å². The molecule has 1 saturated heterocycles. The zero-order valence-electron chi connectivity index (χ0n) is 12.9. The second-order valence-electron chi connectivity index (χ2n) is 5.61. The number of ether oxygens (including phenoxy) is 1. The molecule has 0 N–H and O–H groups in total. The Morgan fingerprint density at radius 2 is 1.92 bits per heavy atom. The van der Waals surface area contributed by atoms with Crippen LogP contribution in [0, 0.1) is 5.82 Å². The first-order chi connectivity index (χ1) is 11.8. The molecule has 1 fully saturated rings. The van der Waals surface area contributed by atoms with Gasteiger partial charge in [-0.05, 0) is 60.5 Å². The summed E-state index contributed by atoms with van der Waals surface area (Å²) in [5, 5.41) is 2.01. The van der Waals surface area contributed by atoms with Crippen LogP contribution in [0.5, 0.6) is 5.88 Å². The van der Waals surface area contributed by atoms with Crippen molar-refractivity contribution in [3.63, 3.8) is 0 Å². The minimum absolute atomic E-state index is 0.176. The first kappa shape index (κ1) is 15.8. The minimum atomic E-state index is -0.198. The van der Waals surface area contributed by atoms with E-state index < -0.39 is 0 Å². The standard InChI is InChI=1S/C17H16FN3OS2/c18-12-1-3-14(4-2-12)24-21-8-5-13(6-9-21)22-17-16-15(7-10-23-16)19-11-20-17/h1-4,7,10-11,13H,5-6,8-9H2. The third kappa shape index (κ3) is 3.53. The van der Waals surface area contributed by atoms with Crippen LogP contribution in [0.15, 0.2) is 46.9 Å². The molecule has 7 heteroatoms. The molecular formula is C17H16FN3OS2. The lowest BCUT2D eigenvalue weighted by Gasteiger charge is -2.30. The highest BCUT2D eigenvalue weighted by Gasteiger charge is 2.22. The summed E-state index contributed by atoms with van der Waals surface area (Å²) in [7, 11) is 0. The number of fused-ring (bicyclic) bond motifs is 1. The summed E-state index contributed by atoms with van der Waals surface area (Å²) in [4.78, 5) is 9.59. The summed E-state index contributed by atoms with van der Waals surface area (Å²) >= 11 is 3.28. The minimum Gasteiger partial charge on any atom is -0.473 e. The fraction of sp³-hybridized carbons (Fsp3) is 0.294. The van der Waals surface area contributed by atoms with Crippen LogP contribution >= 0.6 is 23.3 Å². The van der Waals surface area contributed by atoms with Crippen LogP contribution in [0.1, 0.15) is 12.8 Å². The summed E-state index contributed by atoms with van der Waals surface area (Å²) in [6.45, 7) is 1.87. The van der Waals surface area contributed by atoms with E-state index in [9.17, 15) is 4.39 Å². The maximum atomic E-state index is 13.0. The number of benzene rings is 1. The van der Waals surface area contributed by atoms with E-state index in [1.165, 1.54) is 12.1 Å². The van der Waals surface area contributed by atoms with Gasteiger partial charge >= 0.3 is 0 Å². The molecule has 0 unspecified atom stereocenters. The van der Waals surface area contributed by atoms with E-state index >= 15 is 0 Å². The topological polar surface area (TPSA) is 38.2 Å². The molecule has 1 aliphatic heterocycles. The number of piperidine rings is 1. The van der Waals surface area contributed by atoms with Crippen LogP contribution in [-0.2, 0) is 0 Å². The second kappa shape index (κ2) is 7.04. The Labute approximate surface area is 147 Å². The van der Waals surface area contributed by atoms with Crippen LogP contribution in [0.2, 0.25) is 0 Å². The van der Waals surface area contributed by atoms with Gasteiger partial charge in [-0.1, -0.05) is 0 Å². The molecule has 4 rings (SSSR count). The van der Waals surface area contributed by atoms with Crippen molar-refractivity contribution in [1.82, 2.24) is 14.3 Å². The molecule has 0 spiro atoms. The third-order valence-corrected chi connectivity index (χ3v) is 5.94. The molecule has 0 radical (unpaired) electrons. The van der Waals surface area contributed by atoms with Crippen molar-refractivity contribution in [2.75, 3.05) is 13.1 Å². The van der Waals surface area contributed by atoms with E-state index in [4.69, 9.17) is 4.74 Å². The molecule has 1 aliphatic rings. The van der Waals surface area contributed by atoms with Crippen LogP contribution < -0.4 is 4.74 Å². The quantitative estimate of drug-likeness (QED) is 0.645. The van der Waals surface area contributed by atoms with Gasteiger partial charge in [0.1, 0.15) is 22.9 Å². The van der Waals surface area contributed by atoms with Crippen molar-refractivity contribution in [3.8, 4) is 5.88 Å². The predicted octanol–water partition coefficient (Wildman–Crippen LogP) is 4.38. The normalized spacial score (nSPS) is 16.5. The van der Waals surface area contributed by atoms with Crippen LogP contribution in [0.3, 0.4) is 0 Å². The van der Waals surface area contributed by atoms with E-state index in [1.54, 1.807) is 29.6 Å². The smallest absolute Gasteiger partial charge is 0.235 e. The van der Waals surface area contributed by atoms with Crippen LogP contribution in [0.4, 0.5) is 4.39 Å². The highest BCUT2D eigenvalue weighted by Crippen LogP contribution is 2.31. The fourth-order valence-electron chi connectivity index (χ4n) is 2.69. The first-order valence-corrected chi connectivity index (χ1v) is 9.46. The largest absolute Gasteiger partial charge is 0.473 e. The molecule has 0 atom stereocenters. The number of hydrogen-bond donors (Lipinski definition) is 0. The van der Waals surface area contributed by atoms with Crippen molar-refractivity contribution in [2.45, 2.75) is 23.8 Å². The van der Waals surface area contributed by atoms with Crippen molar-refractivity contribution >= 4 is 33.5 Å². The van der Waals surface area contributed by atoms with Gasteiger partial charge in [-0.15, -0.1) is 11.3 Å². The Morgan fingerprint density at radius 1 is 1.12 bits per heavy atom. The zero-order valence-corrected chi connectivity index (χ0v) is 14.5.